The van der Waals surface area contributed by atoms with Crippen molar-refractivity contribution in [3.05, 3.63) is 11.6 Å². The minimum Gasteiger partial charge on any atom is -0.299 e. The second-order valence-corrected chi connectivity index (χ2v) is 8.44. The molecule has 19 heavy (non-hydrogen) atoms. The van der Waals surface area contributed by atoms with Crippen LogP contribution < -0.4 is 0 Å². The molecule has 2 aliphatic rings. The van der Waals surface area contributed by atoms with E-state index in [1.54, 1.807) is 6.92 Å². The number of hydrogen-bond donors (Lipinski definition) is 0. The molecule has 1 heteroatoms. The van der Waals surface area contributed by atoms with Gasteiger partial charge in [-0.3, -0.25) is 4.79 Å². The summed E-state index contributed by atoms with van der Waals surface area (Å²) in [5.74, 6) is 1.74. The van der Waals surface area contributed by atoms with E-state index < -0.39 is 0 Å². The van der Waals surface area contributed by atoms with Crippen molar-refractivity contribution >= 4 is 5.78 Å². The molecular weight excluding hydrogens is 232 g/mol. The average Bonchev–Trinajstić information content (AvgIpc) is 2.26. The average molecular weight is 262 g/mol. The SMILES string of the molecule is CC(=O)C1(C)CCC2C(C1)C(C)(C)C(C)=CC2(C)C. The van der Waals surface area contributed by atoms with Crippen LogP contribution >= 0.6 is 0 Å². The van der Waals surface area contributed by atoms with Gasteiger partial charge in [0.25, 0.3) is 0 Å². The molecule has 1 nitrogen and oxygen atoms in total. The third kappa shape index (κ3) is 2.19. The molecule has 0 amide bonds. The van der Waals surface area contributed by atoms with Gasteiger partial charge in [-0.25, -0.2) is 0 Å². The Morgan fingerprint density at radius 3 is 2.26 bits per heavy atom. The van der Waals surface area contributed by atoms with Crippen molar-refractivity contribution in [3.8, 4) is 0 Å². The fourth-order valence-corrected chi connectivity index (χ4v) is 4.52. The van der Waals surface area contributed by atoms with Gasteiger partial charge in [0, 0.05) is 5.41 Å². The molecule has 1 saturated carbocycles. The Kier molecular flexibility index (Phi) is 3.27. The zero-order valence-electron chi connectivity index (χ0n) is 13.8. The smallest absolute Gasteiger partial charge is 0.135 e. The lowest BCUT2D eigenvalue weighted by molar-refractivity contribution is -0.132. The summed E-state index contributed by atoms with van der Waals surface area (Å²) in [6, 6.07) is 0. The normalized spacial score (nSPS) is 40.3. The summed E-state index contributed by atoms with van der Waals surface area (Å²) >= 11 is 0. The van der Waals surface area contributed by atoms with Crippen LogP contribution in [0.2, 0.25) is 0 Å². The molecule has 1 fully saturated rings. The van der Waals surface area contributed by atoms with Gasteiger partial charge in [-0.2, -0.15) is 0 Å². The van der Waals surface area contributed by atoms with E-state index in [-0.39, 0.29) is 16.2 Å². The molecule has 0 aliphatic heterocycles. The Balaban J connectivity index is 2.42. The Morgan fingerprint density at radius 1 is 1.16 bits per heavy atom. The lowest BCUT2D eigenvalue weighted by atomic mass is 9.48. The van der Waals surface area contributed by atoms with Crippen molar-refractivity contribution in [1.29, 1.82) is 0 Å². The summed E-state index contributed by atoms with van der Waals surface area (Å²) in [6.45, 7) is 15.7. The van der Waals surface area contributed by atoms with Crippen LogP contribution in [0.5, 0.6) is 0 Å². The van der Waals surface area contributed by atoms with Gasteiger partial charge < -0.3 is 0 Å². The van der Waals surface area contributed by atoms with Crippen molar-refractivity contribution in [3.63, 3.8) is 0 Å². The summed E-state index contributed by atoms with van der Waals surface area (Å²) in [5.41, 5.74) is 1.93. The molecule has 0 N–H and O–H groups in total. The van der Waals surface area contributed by atoms with E-state index in [1.807, 2.05) is 0 Å². The molecule has 0 bridgehead atoms. The largest absolute Gasteiger partial charge is 0.299 e. The number of allylic oxidation sites excluding steroid dienone is 2. The standard InChI is InChI=1S/C18H30O/c1-12-10-16(3,4)14-8-9-18(7,13(2)19)11-15(14)17(12,5)6/h10,14-15H,8-9,11H2,1-7H3. The van der Waals surface area contributed by atoms with Crippen LogP contribution in [-0.4, -0.2) is 5.78 Å². The van der Waals surface area contributed by atoms with E-state index in [9.17, 15) is 4.79 Å². The van der Waals surface area contributed by atoms with E-state index in [0.717, 1.165) is 18.8 Å². The van der Waals surface area contributed by atoms with Crippen LogP contribution in [0, 0.1) is 28.1 Å². The van der Waals surface area contributed by atoms with Crippen LogP contribution in [0.4, 0.5) is 0 Å². The van der Waals surface area contributed by atoms with Gasteiger partial charge in [0.05, 0.1) is 0 Å². The lowest BCUT2D eigenvalue weighted by Gasteiger charge is -2.56. The number of fused-ring (bicyclic) bond motifs is 1. The number of ketones is 1. The molecule has 0 spiro atoms. The highest BCUT2D eigenvalue weighted by atomic mass is 16.1. The number of hydrogen-bond acceptors (Lipinski definition) is 1. The van der Waals surface area contributed by atoms with E-state index in [4.69, 9.17) is 0 Å². The highest BCUT2D eigenvalue weighted by molar-refractivity contribution is 5.82. The van der Waals surface area contributed by atoms with Crippen molar-refractivity contribution < 1.29 is 4.79 Å². The van der Waals surface area contributed by atoms with Crippen LogP contribution in [0.1, 0.15) is 67.7 Å². The minimum atomic E-state index is -0.0911. The molecule has 108 valence electrons. The van der Waals surface area contributed by atoms with E-state index in [2.05, 4.69) is 47.6 Å². The zero-order chi connectivity index (χ0) is 14.6. The van der Waals surface area contributed by atoms with Crippen molar-refractivity contribution in [2.75, 3.05) is 0 Å². The maximum atomic E-state index is 12.0. The molecule has 0 aromatic heterocycles. The second kappa shape index (κ2) is 4.20. The Labute approximate surface area is 118 Å². The first-order valence-corrected chi connectivity index (χ1v) is 7.72. The van der Waals surface area contributed by atoms with E-state index >= 15 is 0 Å². The molecule has 0 radical (unpaired) electrons. The molecule has 0 saturated heterocycles. The van der Waals surface area contributed by atoms with E-state index in [1.165, 1.54) is 12.0 Å². The Morgan fingerprint density at radius 2 is 1.74 bits per heavy atom. The number of rotatable bonds is 1. The lowest BCUT2D eigenvalue weighted by Crippen LogP contribution is -2.49. The van der Waals surface area contributed by atoms with Gasteiger partial charge in [0.1, 0.15) is 5.78 Å². The first kappa shape index (κ1) is 14.8. The van der Waals surface area contributed by atoms with Crippen molar-refractivity contribution in [2.24, 2.45) is 28.1 Å². The van der Waals surface area contributed by atoms with Crippen LogP contribution in [0.3, 0.4) is 0 Å². The highest BCUT2D eigenvalue weighted by Crippen LogP contribution is 2.60. The van der Waals surface area contributed by atoms with Crippen molar-refractivity contribution in [2.45, 2.75) is 67.7 Å². The molecule has 3 atom stereocenters. The summed E-state index contributed by atoms with van der Waals surface area (Å²) in [6.07, 6.45) is 5.82. The molecule has 0 aromatic rings. The Bertz CT molecular complexity index is 427. The monoisotopic (exact) mass is 262 g/mol. The molecule has 2 aliphatic carbocycles. The van der Waals surface area contributed by atoms with Gasteiger partial charge in [-0.15, -0.1) is 0 Å². The Hall–Kier alpha value is -0.590. The summed E-state index contributed by atoms with van der Waals surface area (Å²) in [4.78, 5) is 12.0. The summed E-state index contributed by atoms with van der Waals surface area (Å²) in [7, 11) is 0. The number of Topliss-reactive ketones (excluding diaryl/α,β-unsaturated/α-hetero) is 1. The topological polar surface area (TPSA) is 17.1 Å². The summed E-state index contributed by atoms with van der Waals surface area (Å²) in [5, 5.41) is 0. The van der Waals surface area contributed by atoms with E-state index in [0.29, 0.717) is 11.7 Å². The molecule has 0 aromatic carbocycles. The van der Waals surface area contributed by atoms with Gasteiger partial charge in [0.15, 0.2) is 0 Å². The summed E-state index contributed by atoms with van der Waals surface area (Å²) < 4.78 is 0. The predicted octanol–water partition coefficient (Wildman–Crippen LogP) is 5.01. The fraction of sp³-hybridized carbons (Fsp3) is 0.833. The third-order valence-electron chi connectivity index (χ3n) is 6.50. The number of carbonyl (C=O) groups is 1. The van der Waals surface area contributed by atoms with Crippen LogP contribution in [0.15, 0.2) is 11.6 Å². The third-order valence-corrected chi connectivity index (χ3v) is 6.50. The quantitative estimate of drug-likeness (QED) is 0.607. The maximum Gasteiger partial charge on any atom is 0.135 e. The predicted molar refractivity (Wildman–Crippen MR) is 80.9 cm³/mol. The molecule has 3 unspecified atom stereocenters. The molecule has 2 rings (SSSR count). The van der Waals surface area contributed by atoms with Crippen LogP contribution in [-0.2, 0) is 4.79 Å². The first-order valence-electron chi connectivity index (χ1n) is 7.72. The highest BCUT2D eigenvalue weighted by Gasteiger charge is 2.52. The number of carbonyl (C=O) groups excluding carboxylic acids is 1. The maximum absolute atomic E-state index is 12.0. The molecule has 0 heterocycles. The zero-order valence-corrected chi connectivity index (χ0v) is 13.8. The van der Waals surface area contributed by atoms with Gasteiger partial charge in [-0.1, -0.05) is 46.3 Å². The van der Waals surface area contributed by atoms with Crippen molar-refractivity contribution in [1.82, 2.24) is 0 Å². The van der Waals surface area contributed by atoms with Crippen LogP contribution in [0.25, 0.3) is 0 Å². The van der Waals surface area contributed by atoms with Gasteiger partial charge in [-0.05, 0) is 55.8 Å². The first-order chi connectivity index (χ1) is 8.51. The minimum absolute atomic E-state index is 0.0911. The fourth-order valence-electron chi connectivity index (χ4n) is 4.52. The second-order valence-electron chi connectivity index (χ2n) is 8.44. The molecular formula is C18H30O. The van der Waals surface area contributed by atoms with Gasteiger partial charge >= 0.3 is 0 Å². The van der Waals surface area contributed by atoms with Gasteiger partial charge in [0.2, 0.25) is 0 Å².